The van der Waals surface area contributed by atoms with Crippen molar-refractivity contribution < 1.29 is 7.63 Å². The molecule has 26 heavy (non-hydrogen) atoms. The van der Waals surface area contributed by atoms with Crippen LogP contribution >= 0.6 is 30.1 Å². The predicted molar refractivity (Wildman–Crippen MR) is 119 cm³/mol. The van der Waals surface area contributed by atoms with Crippen molar-refractivity contribution >= 4 is 46.1 Å². The molecule has 0 bridgehead atoms. The van der Waals surface area contributed by atoms with Gasteiger partial charge in [-0.15, -0.1) is 0 Å². The minimum Gasteiger partial charge on any atom is -0.427 e. The van der Waals surface area contributed by atoms with Gasteiger partial charge in [0.05, 0.1) is 5.30 Å². The number of hydrogen-bond donors (Lipinski definition) is 0. The summed E-state index contributed by atoms with van der Waals surface area (Å²) in [5.74, 6) is 0.639. The molecule has 0 saturated carbocycles. The van der Waals surface area contributed by atoms with Crippen LogP contribution in [0.2, 0.25) is 0 Å². The normalized spacial score (nSPS) is 13.8. The Morgan fingerprint density at radius 2 is 1.31 bits per heavy atom. The van der Waals surface area contributed by atoms with Crippen molar-refractivity contribution in [3.05, 3.63) is 84.4 Å². The summed E-state index contributed by atoms with van der Waals surface area (Å²) in [6.07, 6.45) is 0. The summed E-state index contributed by atoms with van der Waals surface area (Å²) >= 11 is 1.85. The summed E-state index contributed by atoms with van der Waals surface area (Å²) in [7, 11) is -3.03. The van der Waals surface area contributed by atoms with E-state index in [2.05, 4.69) is 32.9 Å². The van der Waals surface area contributed by atoms with Gasteiger partial charge >= 0.3 is 0 Å². The van der Waals surface area contributed by atoms with E-state index in [-0.39, 0.29) is 5.41 Å². The Labute approximate surface area is 169 Å². The summed E-state index contributed by atoms with van der Waals surface area (Å²) in [5, 5.41) is 2.35. The first-order chi connectivity index (χ1) is 12.4. The summed E-state index contributed by atoms with van der Waals surface area (Å²) < 4.78 is 20.0. The maximum absolute atomic E-state index is 14.5. The van der Waals surface area contributed by atoms with Crippen molar-refractivity contribution in [3.63, 3.8) is 0 Å². The van der Waals surface area contributed by atoms with Crippen LogP contribution in [-0.2, 0) is 9.98 Å². The van der Waals surface area contributed by atoms with Gasteiger partial charge in [0, 0.05) is 10.6 Å². The molecule has 0 aliphatic rings. The molecule has 0 aliphatic carbocycles. The Bertz CT molecular complexity index is 928. The van der Waals surface area contributed by atoms with Crippen molar-refractivity contribution in [3.8, 4) is 5.75 Å². The Morgan fingerprint density at radius 3 is 1.88 bits per heavy atom. The largest absolute Gasteiger partial charge is 0.427 e. The third kappa shape index (κ3) is 3.60. The van der Waals surface area contributed by atoms with Gasteiger partial charge in [-0.05, 0) is 23.1 Å². The fourth-order valence-electron chi connectivity index (χ4n) is 3.02. The average Bonchev–Trinajstić information content (AvgIpc) is 2.67. The molecule has 3 aromatic carbocycles. The van der Waals surface area contributed by atoms with E-state index >= 15 is 0 Å². The van der Waals surface area contributed by atoms with Crippen LogP contribution in [0.4, 0.5) is 0 Å². The van der Waals surface area contributed by atoms with E-state index in [1.54, 1.807) is 0 Å². The first-order valence-corrected chi connectivity index (χ1v) is 11.1. The van der Waals surface area contributed by atoms with Crippen LogP contribution in [0.5, 0.6) is 5.75 Å². The number of rotatable bonds is 4. The third-order valence-corrected chi connectivity index (χ3v) is 8.08. The molecule has 1 atom stereocenters. The van der Waals surface area contributed by atoms with Crippen LogP contribution in [0, 0.1) is 0 Å². The Balaban J connectivity index is 2.24. The monoisotopic (exact) mass is 476 g/mol. The fraction of sp³-hybridized carbons (Fsp3) is 0.182. The van der Waals surface area contributed by atoms with E-state index in [0.717, 1.165) is 15.9 Å². The number of benzene rings is 3. The van der Waals surface area contributed by atoms with E-state index in [9.17, 15) is 4.57 Å². The van der Waals surface area contributed by atoms with Crippen LogP contribution in [0.1, 0.15) is 26.3 Å². The van der Waals surface area contributed by atoms with E-state index in [1.165, 1.54) is 5.56 Å². The second-order valence-electron chi connectivity index (χ2n) is 7.29. The van der Waals surface area contributed by atoms with Crippen LogP contribution in [0.15, 0.2) is 78.9 Å². The molecule has 3 aromatic rings. The fourth-order valence-corrected chi connectivity index (χ4v) is 6.32. The minimum absolute atomic E-state index is 0.0541. The number of para-hydroxylation sites is 1. The molecule has 0 heterocycles. The minimum atomic E-state index is -3.03. The van der Waals surface area contributed by atoms with E-state index in [4.69, 9.17) is 3.07 Å². The smallest absolute Gasteiger partial charge is 0.192 e. The summed E-state index contributed by atoms with van der Waals surface area (Å²) in [5.41, 5.74) is 1.28. The standard InChI is InChI=1S/C22H22IO2P/c1-22(2,3)17-13-15-19(16-14-17)26(24,18-9-5-4-6-10-18)21-12-8-7-11-20(21)25-23/h4-16H,1-3H3. The van der Waals surface area contributed by atoms with E-state index in [0.29, 0.717) is 5.75 Å². The maximum atomic E-state index is 14.5. The lowest BCUT2D eigenvalue weighted by Crippen LogP contribution is -2.26. The van der Waals surface area contributed by atoms with Crippen molar-refractivity contribution in [1.82, 2.24) is 0 Å². The van der Waals surface area contributed by atoms with Crippen LogP contribution in [-0.4, -0.2) is 0 Å². The lowest BCUT2D eigenvalue weighted by molar-refractivity contribution is 0.588. The molecule has 0 fully saturated rings. The van der Waals surface area contributed by atoms with Gasteiger partial charge in [-0.3, -0.25) is 0 Å². The van der Waals surface area contributed by atoms with Crippen molar-refractivity contribution in [2.24, 2.45) is 0 Å². The molecule has 0 aromatic heterocycles. The van der Waals surface area contributed by atoms with Crippen molar-refractivity contribution in [2.75, 3.05) is 0 Å². The first-order valence-electron chi connectivity index (χ1n) is 8.52. The predicted octanol–water partition coefficient (Wildman–Crippen LogP) is 5.35. The van der Waals surface area contributed by atoms with E-state index in [1.807, 2.05) is 89.7 Å². The summed E-state index contributed by atoms with van der Waals surface area (Å²) in [6, 6.07) is 25.4. The Hall–Kier alpha value is -1.58. The SMILES string of the molecule is CC(C)(C)c1ccc(P(=O)(c2ccccc2)c2ccccc2OI)cc1. The second-order valence-corrected chi connectivity index (χ2v) is 10.5. The number of halogens is 1. The van der Waals surface area contributed by atoms with Gasteiger partial charge in [-0.2, -0.15) is 0 Å². The van der Waals surface area contributed by atoms with Crippen molar-refractivity contribution in [2.45, 2.75) is 26.2 Å². The summed E-state index contributed by atoms with van der Waals surface area (Å²) in [4.78, 5) is 0. The molecule has 0 aliphatic heterocycles. The van der Waals surface area contributed by atoms with Crippen LogP contribution < -0.4 is 19.0 Å². The maximum Gasteiger partial charge on any atom is 0.192 e. The van der Waals surface area contributed by atoms with Gasteiger partial charge in [-0.1, -0.05) is 87.5 Å². The first kappa shape index (κ1) is 19.2. The van der Waals surface area contributed by atoms with Gasteiger partial charge in [-0.25, -0.2) is 0 Å². The molecule has 1 unspecified atom stereocenters. The molecule has 0 radical (unpaired) electrons. The highest BCUT2D eigenvalue weighted by Crippen LogP contribution is 2.45. The molecule has 0 spiro atoms. The second kappa shape index (κ2) is 7.58. The molecule has 134 valence electrons. The molecular formula is C22H22IO2P. The van der Waals surface area contributed by atoms with Gasteiger partial charge in [0.25, 0.3) is 0 Å². The number of hydrogen-bond acceptors (Lipinski definition) is 2. The molecule has 0 saturated heterocycles. The van der Waals surface area contributed by atoms with Gasteiger partial charge < -0.3 is 7.63 Å². The molecule has 3 rings (SSSR count). The summed E-state index contributed by atoms with van der Waals surface area (Å²) in [6.45, 7) is 6.54. The quantitative estimate of drug-likeness (QED) is 0.375. The van der Waals surface area contributed by atoms with E-state index < -0.39 is 7.14 Å². The molecular weight excluding hydrogens is 454 g/mol. The Kier molecular flexibility index (Phi) is 5.59. The molecule has 4 heteroatoms. The van der Waals surface area contributed by atoms with Gasteiger partial charge in [0.15, 0.2) is 30.1 Å². The highest BCUT2D eigenvalue weighted by atomic mass is 127. The highest BCUT2D eigenvalue weighted by Gasteiger charge is 2.32. The Morgan fingerprint density at radius 1 is 0.769 bits per heavy atom. The van der Waals surface area contributed by atoms with Gasteiger partial charge in [0.2, 0.25) is 0 Å². The molecule has 0 N–H and O–H groups in total. The van der Waals surface area contributed by atoms with Crippen LogP contribution in [0.25, 0.3) is 0 Å². The lowest BCUT2D eigenvalue weighted by Gasteiger charge is -2.23. The lowest BCUT2D eigenvalue weighted by atomic mass is 9.87. The third-order valence-electron chi connectivity index (χ3n) is 4.50. The zero-order valence-electron chi connectivity index (χ0n) is 15.1. The van der Waals surface area contributed by atoms with Crippen LogP contribution in [0.3, 0.4) is 0 Å². The van der Waals surface area contributed by atoms with Crippen molar-refractivity contribution in [1.29, 1.82) is 0 Å². The molecule has 2 nitrogen and oxygen atoms in total. The molecule has 0 amide bonds. The average molecular weight is 476 g/mol. The van der Waals surface area contributed by atoms with Gasteiger partial charge in [0.1, 0.15) is 5.75 Å². The topological polar surface area (TPSA) is 26.3 Å². The zero-order chi connectivity index (χ0) is 18.8. The highest BCUT2D eigenvalue weighted by molar-refractivity contribution is 14.1. The zero-order valence-corrected chi connectivity index (χ0v) is 18.2.